The first-order valence-electron chi connectivity index (χ1n) is 6.76. The molecule has 0 bridgehead atoms. The van der Waals surface area contributed by atoms with Crippen molar-refractivity contribution in [1.82, 2.24) is 14.9 Å². The topological polar surface area (TPSA) is 82.2 Å². The van der Waals surface area contributed by atoms with Crippen molar-refractivity contribution in [3.63, 3.8) is 0 Å². The molecular weight excluding hydrogens is 256 g/mol. The number of ether oxygens (including phenoxy) is 1. The van der Waals surface area contributed by atoms with Crippen LogP contribution >= 0.6 is 0 Å². The summed E-state index contributed by atoms with van der Waals surface area (Å²) in [5, 5.41) is 2.97. The summed E-state index contributed by atoms with van der Waals surface area (Å²) in [6, 6.07) is 6.01. The molecule has 6 heteroatoms. The Morgan fingerprint density at radius 3 is 3.05 bits per heavy atom. The molecule has 1 fully saturated rings. The van der Waals surface area contributed by atoms with Crippen molar-refractivity contribution in [1.29, 1.82) is 0 Å². The lowest BCUT2D eigenvalue weighted by Gasteiger charge is -2.07. The van der Waals surface area contributed by atoms with Crippen LogP contribution in [0.2, 0.25) is 0 Å². The molecule has 0 radical (unpaired) electrons. The fraction of sp³-hybridized carbons (Fsp3) is 0.429. The number of anilines is 1. The normalized spacial score (nSPS) is 14.4. The molecule has 0 spiro atoms. The van der Waals surface area contributed by atoms with E-state index in [2.05, 4.69) is 10.3 Å². The maximum absolute atomic E-state index is 11.7. The maximum atomic E-state index is 11.7. The van der Waals surface area contributed by atoms with Crippen molar-refractivity contribution in [3.8, 4) is 5.75 Å². The monoisotopic (exact) mass is 274 g/mol. The zero-order chi connectivity index (χ0) is 14.1. The number of amides is 1. The number of benzene rings is 1. The Kier molecular flexibility index (Phi) is 3.22. The molecule has 0 unspecified atom stereocenters. The van der Waals surface area contributed by atoms with Crippen molar-refractivity contribution >= 4 is 22.9 Å². The van der Waals surface area contributed by atoms with E-state index in [4.69, 9.17) is 10.5 Å². The van der Waals surface area contributed by atoms with Gasteiger partial charge in [-0.15, -0.1) is 0 Å². The number of carbonyl (C=O) groups excluding carboxylic acids is 1. The zero-order valence-corrected chi connectivity index (χ0v) is 11.4. The highest BCUT2D eigenvalue weighted by molar-refractivity contribution is 5.81. The summed E-state index contributed by atoms with van der Waals surface area (Å²) in [5.41, 5.74) is 7.62. The number of imidazole rings is 1. The van der Waals surface area contributed by atoms with E-state index in [-0.39, 0.29) is 5.91 Å². The Morgan fingerprint density at radius 1 is 1.55 bits per heavy atom. The number of hydrogen-bond donors (Lipinski definition) is 2. The lowest BCUT2D eigenvalue weighted by molar-refractivity contribution is -0.121. The average Bonchev–Trinajstić information content (AvgIpc) is 3.18. The molecule has 20 heavy (non-hydrogen) atoms. The molecule has 1 aliphatic rings. The number of nitrogens with one attached hydrogen (secondary N) is 1. The number of aryl methyl sites for hydroxylation is 1. The van der Waals surface area contributed by atoms with Gasteiger partial charge in [-0.05, 0) is 25.0 Å². The van der Waals surface area contributed by atoms with Gasteiger partial charge in [0.25, 0.3) is 0 Å². The Labute approximate surface area is 116 Å². The zero-order valence-electron chi connectivity index (χ0n) is 11.4. The highest BCUT2D eigenvalue weighted by Crippen LogP contribution is 2.23. The fourth-order valence-electron chi connectivity index (χ4n) is 2.23. The van der Waals surface area contributed by atoms with Gasteiger partial charge in [-0.25, -0.2) is 4.98 Å². The third-order valence-corrected chi connectivity index (χ3v) is 3.49. The summed E-state index contributed by atoms with van der Waals surface area (Å²) in [6.07, 6.45) is 2.61. The molecule has 2 aromatic rings. The van der Waals surface area contributed by atoms with Crippen molar-refractivity contribution in [3.05, 3.63) is 18.2 Å². The summed E-state index contributed by atoms with van der Waals surface area (Å²) >= 11 is 0. The minimum atomic E-state index is 0.0715. The van der Waals surface area contributed by atoms with E-state index in [0.29, 0.717) is 25.0 Å². The van der Waals surface area contributed by atoms with Crippen molar-refractivity contribution in [2.24, 2.45) is 0 Å². The minimum absolute atomic E-state index is 0.0715. The molecule has 1 aromatic carbocycles. The van der Waals surface area contributed by atoms with E-state index in [1.165, 1.54) is 0 Å². The summed E-state index contributed by atoms with van der Waals surface area (Å²) < 4.78 is 7.03. The first-order valence-corrected chi connectivity index (χ1v) is 6.76. The molecule has 1 amide bonds. The maximum Gasteiger partial charge on any atom is 0.222 e. The van der Waals surface area contributed by atoms with Crippen molar-refractivity contribution < 1.29 is 9.53 Å². The minimum Gasteiger partial charge on any atom is -0.497 e. The van der Waals surface area contributed by atoms with Crippen molar-refractivity contribution in [2.45, 2.75) is 31.8 Å². The summed E-state index contributed by atoms with van der Waals surface area (Å²) in [4.78, 5) is 16.0. The molecule has 0 atom stereocenters. The van der Waals surface area contributed by atoms with E-state index < -0.39 is 0 Å². The van der Waals surface area contributed by atoms with Crippen LogP contribution in [0.4, 0.5) is 5.95 Å². The Balaban J connectivity index is 1.76. The largest absolute Gasteiger partial charge is 0.497 e. The second-order valence-electron chi connectivity index (χ2n) is 5.07. The van der Waals surface area contributed by atoms with Crippen LogP contribution in [0.25, 0.3) is 11.0 Å². The number of methoxy groups -OCH3 is 1. The number of carbonyl (C=O) groups is 1. The third kappa shape index (κ3) is 2.54. The number of nitrogens with zero attached hydrogens (tertiary/aromatic N) is 2. The summed E-state index contributed by atoms with van der Waals surface area (Å²) in [7, 11) is 1.61. The first-order chi connectivity index (χ1) is 9.67. The number of nitrogen functional groups attached to an aromatic ring is 1. The number of nitrogens with two attached hydrogens (primary N) is 1. The Morgan fingerprint density at radius 2 is 2.35 bits per heavy atom. The van der Waals surface area contributed by atoms with E-state index in [1.54, 1.807) is 7.11 Å². The van der Waals surface area contributed by atoms with Crippen LogP contribution in [0.5, 0.6) is 5.75 Å². The van der Waals surface area contributed by atoms with Gasteiger partial charge in [0.15, 0.2) is 0 Å². The van der Waals surface area contributed by atoms with Crippen LogP contribution in [0, 0.1) is 0 Å². The molecule has 1 aliphatic carbocycles. The molecule has 106 valence electrons. The summed E-state index contributed by atoms with van der Waals surface area (Å²) in [5.74, 6) is 1.24. The van der Waals surface area contributed by atoms with Crippen LogP contribution in [0.1, 0.15) is 19.3 Å². The average molecular weight is 274 g/mol. The number of rotatable bonds is 5. The quantitative estimate of drug-likeness (QED) is 0.861. The predicted molar refractivity (Wildman–Crippen MR) is 76.5 cm³/mol. The predicted octanol–water partition coefficient (Wildman–Crippen LogP) is 1.30. The molecule has 3 rings (SSSR count). The number of hydrogen-bond acceptors (Lipinski definition) is 4. The lowest BCUT2D eigenvalue weighted by atomic mass is 10.3. The highest BCUT2D eigenvalue weighted by Gasteiger charge is 2.23. The van der Waals surface area contributed by atoms with Gasteiger partial charge in [0.05, 0.1) is 18.1 Å². The van der Waals surface area contributed by atoms with Gasteiger partial charge in [0, 0.05) is 25.1 Å². The molecule has 0 saturated heterocycles. The van der Waals surface area contributed by atoms with Gasteiger partial charge in [-0.2, -0.15) is 0 Å². The van der Waals surface area contributed by atoms with Gasteiger partial charge in [-0.1, -0.05) is 0 Å². The molecule has 6 nitrogen and oxygen atoms in total. The van der Waals surface area contributed by atoms with Gasteiger partial charge < -0.3 is 20.4 Å². The van der Waals surface area contributed by atoms with Crippen LogP contribution in [-0.2, 0) is 11.3 Å². The Bertz CT molecular complexity index is 646. The Hall–Kier alpha value is -2.24. The van der Waals surface area contributed by atoms with Crippen LogP contribution in [0.3, 0.4) is 0 Å². The first kappa shape index (κ1) is 12.8. The second kappa shape index (κ2) is 5.03. The van der Waals surface area contributed by atoms with Crippen LogP contribution in [-0.4, -0.2) is 28.6 Å². The fourth-order valence-corrected chi connectivity index (χ4v) is 2.23. The highest BCUT2D eigenvalue weighted by atomic mass is 16.5. The number of fused-ring (bicyclic) bond motifs is 1. The summed E-state index contributed by atoms with van der Waals surface area (Å²) in [6.45, 7) is 0.535. The van der Waals surface area contributed by atoms with E-state index in [0.717, 1.165) is 29.6 Å². The second-order valence-corrected chi connectivity index (χ2v) is 5.07. The molecule has 1 saturated carbocycles. The lowest BCUT2D eigenvalue weighted by Crippen LogP contribution is -2.26. The standard InChI is InChI=1S/C14H18N4O2/c1-20-10-4-5-12-11(8-10)17-14(15)18(12)7-6-13(19)16-9-2-3-9/h4-5,8-9H,2-3,6-7H2,1H3,(H2,15,17)(H,16,19). The van der Waals surface area contributed by atoms with E-state index in [9.17, 15) is 4.79 Å². The van der Waals surface area contributed by atoms with E-state index >= 15 is 0 Å². The molecule has 1 aromatic heterocycles. The van der Waals surface area contributed by atoms with Crippen LogP contribution < -0.4 is 15.8 Å². The van der Waals surface area contributed by atoms with Gasteiger partial charge >= 0.3 is 0 Å². The van der Waals surface area contributed by atoms with Crippen molar-refractivity contribution in [2.75, 3.05) is 12.8 Å². The number of aromatic nitrogens is 2. The van der Waals surface area contributed by atoms with Crippen LogP contribution in [0.15, 0.2) is 18.2 Å². The van der Waals surface area contributed by atoms with E-state index in [1.807, 2.05) is 22.8 Å². The molecular formula is C14H18N4O2. The SMILES string of the molecule is COc1ccc2c(c1)nc(N)n2CCC(=O)NC1CC1. The molecule has 1 heterocycles. The molecule has 0 aliphatic heterocycles. The van der Waals surface area contributed by atoms with Gasteiger partial charge in [0.1, 0.15) is 5.75 Å². The van der Waals surface area contributed by atoms with Gasteiger partial charge in [0.2, 0.25) is 11.9 Å². The molecule has 3 N–H and O–H groups in total. The van der Waals surface area contributed by atoms with Gasteiger partial charge in [-0.3, -0.25) is 4.79 Å². The third-order valence-electron chi connectivity index (χ3n) is 3.49. The smallest absolute Gasteiger partial charge is 0.222 e.